The lowest BCUT2D eigenvalue weighted by Crippen LogP contribution is -2.58. The molecular formula is C21H19NO6. The third-order valence-corrected chi connectivity index (χ3v) is 4.88. The Labute approximate surface area is 161 Å². The number of esters is 1. The summed E-state index contributed by atoms with van der Waals surface area (Å²) >= 11 is 0. The fourth-order valence-corrected chi connectivity index (χ4v) is 3.66. The van der Waals surface area contributed by atoms with Gasteiger partial charge in [0, 0.05) is 5.56 Å². The van der Waals surface area contributed by atoms with Gasteiger partial charge in [-0.15, -0.1) is 0 Å². The number of nitrogens with one attached hydrogen (secondary N) is 1. The molecular weight excluding hydrogens is 362 g/mol. The fourth-order valence-electron chi connectivity index (χ4n) is 3.66. The molecule has 3 unspecified atom stereocenters. The molecule has 1 saturated heterocycles. The highest BCUT2D eigenvalue weighted by Gasteiger charge is 2.54. The van der Waals surface area contributed by atoms with Gasteiger partial charge in [0.1, 0.15) is 12.3 Å². The maximum atomic E-state index is 12.0. The Morgan fingerprint density at radius 2 is 1.75 bits per heavy atom. The van der Waals surface area contributed by atoms with E-state index in [1.807, 2.05) is 60.7 Å². The van der Waals surface area contributed by atoms with Crippen LogP contribution >= 0.6 is 0 Å². The zero-order valence-corrected chi connectivity index (χ0v) is 15.2. The summed E-state index contributed by atoms with van der Waals surface area (Å²) in [6.07, 6.45) is 0.540. The number of hydrogen-bond acceptors (Lipinski definition) is 7. The van der Waals surface area contributed by atoms with Gasteiger partial charge in [-0.1, -0.05) is 60.7 Å². The maximum Gasteiger partial charge on any atom is 0.356 e. The average molecular weight is 381 g/mol. The van der Waals surface area contributed by atoms with E-state index in [2.05, 4.69) is 5.32 Å². The topological polar surface area (TPSA) is 83.1 Å². The predicted octanol–water partition coefficient (Wildman–Crippen LogP) is 2.16. The normalized spacial score (nSPS) is 25.5. The van der Waals surface area contributed by atoms with Gasteiger partial charge in [0.2, 0.25) is 5.72 Å². The quantitative estimate of drug-likeness (QED) is 0.628. The largest absolute Gasteiger partial charge is 0.497 e. The Bertz CT molecular complexity index is 886. The first-order chi connectivity index (χ1) is 13.6. The first kappa shape index (κ1) is 18.2. The van der Waals surface area contributed by atoms with E-state index in [9.17, 15) is 9.59 Å². The fraction of sp³-hybridized carbons (Fsp3) is 0.238. The van der Waals surface area contributed by atoms with Crippen LogP contribution in [0.4, 0.5) is 0 Å². The van der Waals surface area contributed by atoms with Crippen LogP contribution in [0.2, 0.25) is 0 Å². The summed E-state index contributed by atoms with van der Waals surface area (Å²) < 4.78 is 11.0. The molecule has 0 aromatic heterocycles. The molecule has 7 heteroatoms. The van der Waals surface area contributed by atoms with Crippen molar-refractivity contribution in [2.75, 3.05) is 13.7 Å². The summed E-state index contributed by atoms with van der Waals surface area (Å²) in [5, 5.41) is 3.16. The van der Waals surface area contributed by atoms with Crippen molar-refractivity contribution in [3.05, 3.63) is 83.6 Å². The number of rotatable bonds is 5. The summed E-state index contributed by atoms with van der Waals surface area (Å²) in [6, 6.07) is 18.7. The zero-order chi connectivity index (χ0) is 19.6. The molecule has 1 fully saturated rings. The lowest BCUT2D eigenvalue weighted by Gasteiger charge is -2.43. The molecule has 0 spiro atoms. The second-order valence-corrected chi connectivity index (χ2v) is 6.49. The summed E-state index contributed by atoms with van der Waals surface area (Å²) in [5.41, 5.74) is 0.248. The molecule has 0 radical (unpaired) electrons. The minimum Gasteiger partial charge on any atom is -0.497 e. The summed E-state index contributed by atoms with van der Waals surface area (Å²) in [6.45, 7) is -0.0646. The molecule has 2 aliphatic heterocycles. The van der Waals surface area contributed by atoms with Crippen molar-refractivity contribution in [2.24, 2.45) is 0 Å². The van der Waals surface area contributed by atoms with E-state index in [0.717, 1.165) is 11.1 Å². The van der Waals surface area contributed by atoms with Crippen LogP contribution in [-0.4, -0.2) is 31.7 Å². The van der Waals surface area contributed by atoms with Crippen molar-refractivity contribution >= 4 is 11.9 Å². The molecule has 0 saturated carbocycles. The first-order valence-corrected chi connectivity index (χ1v) is 8.84. The smallest absolute Gasteiger partial charge is 0.356 e. The lowest BCUT2D eigenvalue weighted by atomic mass is 9.79. The molecule has 2 heterocycles. The predicted molar refractivity (Wildman–Crippen MR) is 97.5 cm³/mol. The molecule has 2 aromatic rings. The monoisotopic (exact) mass is 381 g/mol. The van der Waals surface area contributed by atoms with Crippen LogP contribution in [0.25, 0.3) is 0 Å². The van der Waals surface area contributed by atoms with E-state index >= 15 is 0 Å². The maximum absolute atomic E-state index is 12.0. The Morgan fingerprint density at radius 3 is 2.36 bits per heavy atom. The highest BCUT2D eigenvalue weighted by Crippen LogP contribution is 2.46. The molecule has 2 aliphatic rings. The third-order valence-electron chi connectivity index (χ3n) is 4.88. The van der Waals surface area contributed by atoms with Crippen molar-refractivity contribution < 1.29 is 28.8 Å². The van der Waals surface area contributed by atoms with Gasteiger partial charge in [-0.25, -0.2) is 9.59 Å². The SMILES string of the molecule is COC1=CC(=O)OC1C(c1ccccc1)C1(c2ccccc2)NCC(=O)OO1. The van der Waals surface area contributed by atoms with E-state index in [1.54, 1.807) is 0 Å². The molecule has 2 aromatic carbocycles. The van der Waals surface area contributed by atoms with Crippen LogP contribution in [-0.2, 0) is 34.6 Å². The van der Waals surface area contributed by atoms with E-state index < -0.39 is 29.7 Å². The number of cyclic esters (lactones) is 1. The number of hydrogen-bond donors (Lipinski definition) is 1. The Morgan fingerprint density at radius 1 is 1.07 bits per heavy atom. The number of benzene rings is 2. The molecule has 3 atom stereocenters. The second kappa shape index (κ2) is 7.46. The second-order valence-electron chi connectivity index (χ2n) is 6.49. The van der Waals surface area contributed by atoms with Crippen molar-refractivity contribution in [1.29, 1.82) is 0 Å². The number of methoxy groups -OCH3 is 1. The third kappa shape index (κ3) is 3.15. The molecule has 144 valence electrons. The standard InChI is InChI=1S/C21H19NO6/c1-25-16-12-17(23)26-20(16)19(14-8-4-2-5-9-14)21(15-10-6-3-7-11-15)22-13-18(24)27-28-21/h2-12,19-20,22H,13H2,1H3. The lowest BCUT2D eigenvalue weighted by molar-refractivity contribution is -0.371. The Hall–Kier alpha value is -3.16. The van der Waals surface area contributed by atoms with E-state index in [1.165, 1.54) is 13.2 Å². The first-order valence-electron chi connectivity index (χ1n) is 8.84. The van der Waals surface area contributed by atoms with Gasteiger partial charge in [0.25, 0.3) is 0 Å². The molecule has 0 aliphatic carbocycles. The van der Waals surface area contributed by atoms with Crippen molar-refractivity contribution in [3.8, 4) is 0 Å². The van der Waals surface area contributed by atoms with Crippen molar-refractivity contribution in [1.82, 2.24) is 5.32 Å². The summed E-state index contributed by atoms with van der Waals surface area (Å²) in [5.74, 6) is -1.26. The average Bonchev–Trinajstić information content (AvgIpc) is 3.11. The number of carbonyl (C=O) groups excluding carboxylic acids is 2. The van der Waals surface area contributed by atoms with Crippen LogP contribution in [0.15, 0.2) is 72.5 Å². The highest BCUT2D eigenvalue weighted by atomic mass is 17.2. The minimum atomic E-state index is -1.29. The Kier molecular flexibility index (Phi) is 4.85. The van der Waals surface area contributed by atoms with E-state index in [-0.39, 0.29) is 6.54 Å². The summed E-state index contributed by atoms with van der Waals surface area (Å²) in [4.78, 5) is 34.4. The van der Waals surface area contributed by atoms with Crippen molar-refractivity contribution in [2.45, 2.75) is 17.7 Å². The van der Waals surface area contributed by atoms with Gasteiger partial charge in [0.15, 0.2) is 6.10 Å². The van der Waals surface area contributed by atoms with Gasteiger partial charge in [-0.2, -0.15) is 4.89 Å². The van der Waals surface area contributed by atoms with Crippen LogP contribution in [0, 0.1) is 0 Å². The molecule has 7 nitrogen and oxygen atoms in total. The zero-order valence-electron chi connectivity index (χ0n) is 15.2. The molecule has 4 rings (SSSR count). The summed E-state index contributed by atoms with van der Waals surface area (Å²) in [7, 11) is 1.48. The van der Waals surface area contributed by atoms with Crippen molar-refractivity contribution in [3.63, 3.8) is 0 Å². The van der Waals surface area contributed by atoms with E-state index in [0.29, 0.717) is 5.76 Å². The van der Waals surface area contributed by atoms with Gasteiger partial charge >= 0.3 is 11.9 Å². The van der Waals surface area contributed by atoms with Crippen LogP contribution in [0.1, 0.15) is 17.0 Å². The number of carbonyl (C=O) groups is 2. The minimum absolute atomic E-state index is 0.0646. The van der Waals surface area contributed by atoms with Crippen LogP contribution in [0.3, 0.4) is 0 Å². The van der Waals surface area contributed by atoms with Gasteiger partial charge in [0.05, 0.1) is 19.1 Å². The van der Waals surface area contributed by atoms with E-state index in [4.69, 9.17) is 19.2 Å². The van der Waals surface area contributed by atoms with Crippen LogP contribution < -0.4 is 5.32 Å². The molecule has 28 heavy (non-hydrogen) atoms. The van der Waals surface area contributed by atoms with Gasteiger partial charge in [-0.05, 0) is 5.56 Å². The molecule has 1 N–H and O–H groups in total. The molecule has 0 bridgehead atoms. The molecule has 0 amide bonds. The number of ether oxygens (including phenoxy) is 2. The van der Waals surface area contributed by atoms with Gasteiger partial charge in [-0.3, -0.25) is 10.2 Å². The highest BCUT2D eigenvalue weighted by molar-refractivity contribution is 5.85. The van der Waals surface area contributed by atoms with Gasteiger partial charge < -0.3 is 9.47 Å². The Balaban J connectivity index is 1.89. The van der Waals surface area contributed by atoms with Crippen LogP contribution in [0.5, 0.6) is 0 Å².